The first-order valence-electron chi connectivity index (χ1n) is 5.21. The van der Waals surface area contributed by atoms with E-state index in [1.807, 2.05) is 35.8 Å². The zero-order valence-corrected chi connectivity index (χ0v) is 9.92. The molecule has 4 nitrogen and oxygen atoms in total. The second-order valence-electron chi connectivity index (χ2n) is 3.50. The summed E-state index contributed by atoms with van der Waals surface area (Å²) in [6, 6.07) is 8.04. The third kappa shape index (κ3) is 1.91. The van der Waals surface area contributed by atoms with Crippen LogP contribution in [-0.4, -0.2) is 14.8 Å². The molecule has 0 bridgehead atoms. The highest BCUT2D eigenvalue weighted by Gasteiger charge is 2.06. The smallest absolute Gasteiger partial charge is 0.195 e. The van der Waals surface area contributed by atoms with Crippen molar-refractivity contribution in [2.75, 3.05) is 0 Å². The third-order valence-corrected chi connectivity index (χ3v) is 2.83. The van der Waals surface area contributed by atoms with Crippen LogP contribution in [0.15, 0.2) is 24.3 Å². The predicted molar refractivity (Wildman–Crippen MR) is 66.4 cm³/mol. The number of aromatic nitrogens is 3. The van der Waals surface area contributed by atoms with E-state index < -0.39 is 0 Å². The molecule has 2 aromatic rings. The molecule has 1 aromatic heterocycles. The van der Waals surface area contributed by atoms with Gasteiger partial charge in [-0.05, 0) is 24.7 Å². The third-order valence-electron chi connectivity index (χ3n) is 2.52. The van der Waals surface area contributed by atoms with Crippen molar-refractivity contribution in [2.24, 2.45) is 5.73 Å². The Hall–Kier alpha value is -1.46. The number of nitrogens with two attached hydrogens (primary N) is 1. The van der Waals surface area contributed by atoms with E-state index in [1.165, 1.54) is 0 Å². The monoisotopic (exact) mass is 234 g/mol. The highest BCUT2D eigenvalue weighted by Crippen LogP contribution is 2.17. The molecule has 0 amide bonds. The summed E-state index contributed by atoms with van der Waals surface area (Å²) in [6.07, 6.45) is 0. The van der Waals surface area contributed by atoms with E-state index in [-0.39, 0.29) is 0 Å². The number of nitrogens with zero attached hydrogens (tertiary/aromatic N) is 2. The van der Waals surface area contributed by atoms with Gasteiger partial charge >= 0.3 is 0 Å². The summed E-state index contributed by atoms with van der Waals surface area (Å²) in [5, 5.41) is 7.03. The fourth-order valence-corrected chi connectivity index (χ4v) is 1.88. The fraction of sp³-hybridized carbons (Fsp3) is 0.273. The van der Waals surface area contributed by atoms with E-state index in [9.17, 15) is 0 Å². The summed E-state index contributed by atoms with van der Waals surface area (Å²) in [4.78, 5) is 0. The Bertz CT molecular complexity index is 524. The number of rotatable bonds is 3. The van der Waals surface area contributed by atoms with Crippen LogP contribution < -0.4 is 5.73 Å². The lowest BCUT2D eigenvalue weighted by Gasteiger charge is -2.04. The van der Waals surface area contributed by atoms with Crippen molar-refractivity contribution in [1.82, 2.24) is 14.8 Å². The number of aromatic amines is 1. The Morgan fingerprint density at radius 1 is 1.38 bits per heavy atom. The van der Waals surface area contributed by atoms with Crippen LogP contribution in [-0.2, 0) is 13.1 Å². The Labute approximate surface area is 99.1 Å². The van der Waals surface area contributed by atoms with Gasteiger partial charge in [0, 0.05) is 18.7 Å². The molecule has 5 heteroatoms. The van der Waals surface area contributed by atoms with Gasteiger partial charge in [-0.3, -0.25) is 5.10 Å². The molecule has 0 saturated carbocycles. The zero-order chi connectivity index (χ0) is 11.5. The lowest BCUT2D eigenvalue weighted by Crippen LogP contribution is -1.99. The molecule has 0 saturated heterocycles. The van der Waals surface area contributed by atoms with Crippen LogP contribution in [0, 0.1) is 4.77 Å². The van der Waals surface area contributed by atoms with Gasteiger partial charge in [0.25, 0.3) is 0 Å². The van der Waals surface area contributed by atoms with Crippen molar-refractivity contribution in [1.29, 1.82) is 0 Å². The minimum Gasteiger partial charge on any atom is -0.326 e. The molecule has 0 atom stereocenters. The van der Waals surface area contributed by atoms with Gasteiger partial charge in [0.1, 0.15) is 0 Å². The van der Waals surface area contributed by atoms with Crippen molar-refractivity contribution >= 4 is 12.2 Å². The first-order chi connectivity index (χ1) is 7.76. The van der Waals surface area contributed by atoms with Crippen molar-refractivity contribution in [3.63, 3.8) is 0 Å². The topological polar surface area (TPSA) is 59.6 Å². The Balaban J connectivity index is 2.46. The van der Waals surface area contributed by atoms with E-state index in [0.717, 1.165) is 23.5 Å². The fourth-order valence-electron chi connectivity index (χ4n) is 1.62. The van der Waals surface area contributed by atoms with Gasteiger partial charge in [-0.1, -0.05) is 24.3 Å². The van der Waals surface area contributed by atoms with Crippen LogP contribution in [0.1, 0.15) is 12.5 Å². The standard InChI is InChI=1S/C11H14N4S/c1-2-15-10(13-14-11(15)16)9-5-3-8(7-12)4-6-9/h3-6H,2,7,12H2,1H3,(H,14,16). The molecule has 2 rings (SSSR count). The van der Waals surface area contributed by atoms with Gasteiger partial charge in [-0.25, -0.2) is 0 Å². The molecule has 1 heterocycles. The first-order valence-corrected chi connectivity index (χ1v) is 5.61. The SMILES string of the molecule is CCn1c(-c2ccc(CN)cc2)n[nH]c1=S. The number of nitrogens with one attached hydrogen (secondary N) is 1. The molecule has 0 aliphatic carbocycles. The van der Waals surface area contributed by atoms with Gasteiger partial charge in [-0.15, -0.1) is 0 Å². The summed E-state index contributed by atoms with van der Waals surface area (Å²) in [7, 11) is 0. The van der Waals surface area contributed by atoms with Gasteiger partial charge in [0.2, 0.25) is 0 Å². The predicted octanol–water partition coefficient (Wildman–Crippen LogP) is 2.09. The van der Waals surface area contributed by atoms with E-state index in [4.69, 9.17) is 18.0 Å². The second kappa shape index (κ2) is 4.59. The average molecular weight is 234 g/mol. The van der Waals surface area contributed by atoms with Gasteiger partial charge < -0.3 is 10.3 Å². The zero-order valence-electron chi connectivity index (χ0n) is 9.10. The van der Waals surface area contributed by atoms with Crippen LogP contribution in [0.2, 0.25) is 0 Å². The molecule has 3 N–H and O–H groups in total. The van der Waals surface area contributed by atoms with E-state index in [0.29, 0.717) is 11.3 Å². The molecule has 0 unspecified atom stereocenters. The summed E-state index contributed by atoms with van der Waals surface area (Å²) < 4.78 is 2.62. The average Bonchev–Trinajstić information content (AvgIpc) is 2.70. The summed E-state index contributed by atoms with van der Waals surface area (Å²) in [5.74, 6) is 0.871. The largest absolute Gasteiger partial charge is 0.326 e. The Morgan fingerprint density at radius 3 is 2.62 bits per heavy atom. The van der Waals surface area contributed by atoms with E-state index in [1.54, 1.807) is 0 Å². The summed E-state index contributed by atoms with van der Waals surface area (Å²) in [5.41, 5.74) is 7.71. The molecule has 0 radical (unpaired) electrons. The van der Waals surface area contributed by atoms with Crippen molar-refractivity contribution < 1.29 is 0 Å². The highest BCUT2D eigenvalue weighted by molar-refractivity contribution is 7.71. The van der Waals surface area contributed by atoms with Crippen molar-refractivity contribution in [2.45, 2.75) is 20.0 Å². The van der Waals surface area contributed by atoms with Crippen LogP contribution in [0.3, 0.4) is 0 Å². The van der Waals surface area contributed by atoms with Crippen LogP contribution >= 0.6 is 12.2 Å². The number of benzene rings is 1. The molecule has 16 heavy (non-hydrogen) atoms. The minimum absolute atomic E-state index is 0.556. The maximum absolute atomic E-state index is 5.56. The Morgan fingerprint density at radius 2 is 2.06 bits per heavy atom. The van der Waals surface area contributed by atoms with Gasteiger partial charge in [0.15, 0.2) is 10.6 Å². The van der Waals surface area contributed by atoms with Crippen LogP contribution in [0.5, 0.6) is 0 Å². The Kier molecular flexibility index (Phi) is 3.17. The second-order valence-corrected chi connectivity index (χ2v) is 3.88. The lowest BCUT2D eigenvalue weighted by molar-refractivity contribution is 0.755. The maximum Gasteiger partial charge on any atom is 0.195 e. The van der Waals surface area contributed by atoms with Gasteiger partial charge in [-0.2, -0.15) is 5.10 Å². The molecule has 0 fully saturated rings. The molecular weight excluding hydrogens is 220 g/mol. The lowest BCUT2D eigenvalue weighted by atomic mass is 10.1. The first kappa shape index (κ1) is 11.0. The molecular formula is C11H14N4S. The summed E-state index contributed by atoms with van der Waals surface area (Å²) in [6.45, 7) is 3.41. The van der Waals surface area contributed by atoms with E-state index in [2.05, 4.69) is 10.2 Å². The number of hydrogen-bond donors (Lipinski definition) is 2. The summed E-state index contributed by atoms with van der Waals surface area (Å²) >= 11 is 5.15. The van der Waals surface area contributed by atoms with Crippen LogP contribution in [0.25, 0.3) is 11.4 Å². The quantitative estimate of drug-likeness (QED) is 0.799. The normalized spacial score (nSPS) is 10.6. The molecule has 0 aliphatic rings. The molecule has 0 aliphatic heterocycles. The molecule has 84 valence electrons. The minimum atomic E-state index is 0.556. The maximum atomic E-state index is 5.56. The number of H-pyrrole nitrogens is 1. The van der Waals surface area contributed by atoms with Gasteiger partial charge in [0.05, 0.1) is 0 Å². The number of hydrogen-bond acceptors (Lipinski definition) is 3. The van der Waals surface area contributed by atoms with Crippen molar-refractivity contribution in [3.05, 3.63) is 34.6 Å². The molecule has 0 spiro atoms. The van der Waals surface area contributed by atoms with Crippen molar-refractivity contribution in [3.8, 4) is 11.4 Å². The van der Waals surface area contributed by atoms with E-state index >= 15 is 0 Å². The molecule has 1 aromatic carbocycles. The highest BCUT2D eigenvalue weighted by atomic mass is 32.1. The van der Waals surface area contributed by atoms with Crippen LogP contribution in [0.4, 0.5) is 0 Å².